The number of aromatic nitrogens is 2. The van der Waals surface area contributed by atoms with Crippen LogP contribution in [0.2, 0.25) is 5.02 Å². The van der Waals surface area contributed by atoms with Crippen LogP contribution < -0.4 is 0 Å². The van der Waals surface area contributed by atoms with E-state index in [0.29, 0.717) is 10.6 Å². The number of carbonyl (C=O) groups excluding carboxylic acids is 1. The molecule has 1 aromatic carbocycles. The topological polar surface area (TPSA) is 34.9 Å². The molecule has 0 N–H and O–H groups in total. The molecule has 0 unspecified atom stereocenters. The van der Waals surface area contributed by atoms with Crippen LogP contribution in [0.3, 0.4) is 0 Å². The van der Waals surface area contributed by atoms with Crippen LogP contribution >= 0.6 is 11.6 Å². The Labute approximate surface area is 124 Å². The van der Waals surface area contributed by atoms with Crippen molar-refractivity contribution in [3.05, 3.63) is 51.8 Å². The monoisotopic (exact) mass is 290 g/mol. The highest BCUT2D eigenvalue weighted by Crippen LogP contribution is 2.19. The van der Waals surface area contributed by atoms with Crippen LogP contribution in [0, 0.1) is 13.8 Å². The van der Waals surface area contributed by atoms with Gasteiger partial charge in [0.15, 0.2) is 5.78 Å². The molecule has 0 fully saturated rings. The van der Waals surface area contributed by atoms with Crippen molar-refractivity contribution >= 4 is 17.4 Å². The van der Waals surface area contributed by atoms with Gasteiger partial charge in [-0.2, -0.15) is 5.10 Å². The number of hydrogen-bond acceptors (Lipinski definition) is 2. The van der Waals surface area contributed by atoms with Gasteiger partial charge < -0.3 is 0 Å². The molecule has 0 radical (unpaired) electrons. The summed E-state index contributed by atoms with van der Waals surface area (Å²) in [6, 6.07) is 7.82. The predicted octanol–water partition coefficient (Wildman–Crippen LogP) is 3.99. The van der Waals surface area contributed by atoms with E-state index in [0.717, 1.165) is 24.2 Å². The Morgan fingerprint density at radius 1 is 1.25 bits per heavy atom. The molecule has 0 saturated carbocycles. The Morgan fingerprint density at radius 3 is 2.40 bits per heavy atom. The molecule has 0 bridgehead atoms. The van der Waals surface area contributed by atoms with Gasteiger partial charge in [0.2, 0.25) is 0 Å². The van der Waals surface area contributed by atoms with Crippen LogP contribution in [0.25, 0.3) is 0 Å². The van der Waals surface area contributed by atoms with Gasteiger partial charge in [-0.15, -0.1) is 0 Å². The third-order valence-electron chi connectivity index (χ3n) is 3.40. The van der Waals surface area contributed by atoms with Gasteiger partial charge >= 0.3 is 0 Å². The van der Waals surface area contributed by atoms with Crippen LogP contribution in [0.15, 0.2) is 24.3 Å². The van der Waals surface area contributed by atoms with E-state index in [4.69, 9.17) is 11.6 Å². The van der Waals surface area contributed by atoms with Gasteiger partial charge in [0, 0.05) is 5.56 Å². The van der Waals surface area contributed by atoms with Gasteiger partial charge in [0.25, 0.3) is 0 Å². The van der Waals surface area contributed by atoms with Gasteiger partial charge in [-0.25, -0.2) is 0 Å². The lowest BCUT2D eigenvalue weighted by Gasteiger charge is -2.05. The molecular formula is C16H19ClN2O. The minimum absolute atomic E-state index is 0.0512. The molecule has 0 aliphatic heterocycles. The summed E-state index contributed by atoms with van der Waals surface area (Å²) in [5.41, 5.74) is 3.57. The molecule has 1 heterocycles. The highest BCUT2D eigenvalue weighted by atomic mass is 35.5. The van der Waals surface area contributed by atoms with Crippen LogP contribution in [-0.4, -0.2) is 15.6 Å². The smallest absolute Gasteiger partial charge is 0.184 e. The second kappa shape index (κ2) is 6.23. The van der Waals surface area contributed by atoms with Crippen LogP contribution in [0.4, 0.5) is 0 Å². The molecule has 3 nitrogen and oxygen atoms in total. The number of rotatable bonds is 5. The van der Waals surface area contributed by atoms with Gasteiger partial charge in [-0.1, -0.05) is 49.2 Å². The van der Waals surface area contributed by atoms with Crippen molar-refractivity contribution in [3.8, 4) is 0 Å². The van der Waals surface area contributed by atoms with Gasteiger partial charge in [-0.3, -0.25) is 9.48 Å². The Hall–Kier alpha value is -1.61. The van der Waals surface area contributed by atoms with E-state index < -0.39 is 0 Å². The summed E-state index contributed by atoms with van der Waals surface area (Å²) in [7, 11) is 0. The minimum atomic E-state index is 0.0512. The first-order chi connectivity index (χ1) is 9.52. The molecule has 0 atom stereocenters. The fourth-order valence-corrected chi connectivity index (χ4v) is 2.34. The number of Topliss-reactive ketones (excluding diaryl/α,β-unsaturated/α-hetero) is 1. The number of nitrogens with zero attached hydrogens (tertiary/aromatic N) is 2. The number of aryl methyl sites for hydroxylation is 2. The highest BCUT2D eigenvalue weighted by Gasteiger charge is 2.13. The number of hydrogen-bond donors (Lipinski definition) is 0. The molecule has 2 rings (SSSR count). The van der Waals surface area contributed by atoms with E-state index in [-0.39, 0.29) is 12.3 Å². The molecule has 4 heteroatoms. The van der Waals surface area contributed by atoms with E-state index in [1.807, 2.05) is 38.1 Å². The average Bonchev–Trinajstić information content (AvgIpc) is 2.67. The van der Waals surface area contributed by atoms with Crippen LogP contribution in [0.5, 0.6) is 0 Å². The third-order valence-corrected chi connectivity index (χ3v) is 3.95. The lowest BCUT2D eigenvalue weighted by Crippen LogP contribution is -2.13. The van der Waals surface area contributed by atoms with Crippen molar-refractivity contribution in [2.75, 3.05) is 0 Å². The standard InChI is InChI=1S/C16H19ClN2O/c1-4-5-13-6-8-14(9-7-13)15(20)10-19-12(3)16(17)11(2)18-19/h6-9H,4-5,10H2,1-3H3. The van der Waals surface area contributed by atoms with Crippen molar-refractivity contribution in [2.24, 2.45) is 0 Å². The summed E-state index contributed by atoms with van der Waals surface area (Å²) in [4.78, 5) is 12.3. The molecule has 0 spiro atoms. The van der Waals surface area contributed by atoms with E-state index in [9.17, 15) is 4.79 Å². The minimum Gasteiger partial charge on any atom is -0.292 e. The van der Waals surface area contributed by atoms with Crippen molar-refractivity contribution in [1.29, 1.82) is 0 Å². The first-order valence-corrected chi connectivity index (χ1v) is 7.22. The van der Waals surface area contributed by atoms with Gasteiger partial charge in [-0.05, 0) is 25.8 Å². The lowest BCUT2D eigenvalue weighted by atomic mass is 10.1. The van der Waals surface area contributed by atoms with Crippen molar-refractivity contribution in [1.82, 2.24) is 9.78 Å². The summed E-state index contributed by atoms with van der Waals surface area (Å²) in [5, 5.41) is 4.92. The molecule has 2 aromatic rings. The van der Waals surface area contributed by atoms with Crippen molar-refractivity contribution in [2.45, 2.75) is 40.2 Å². The number of halogens is 1. The summed E-state index contributed by atoms with van der Waals surface area (Å²) < 4.78 is 1.67. The second-order valence-corrected chi connectivity index (χ2v) is 5.39. The molecule has 0 amide bonds. The molecule has 20 heavy (non-hydrogen) atoms. The quantitative estimate of drug-likeness (QED) is 0.781. The zero-order valence-corrected chi connectivity index (χ0v) is 12.9. The molecule has 106 valence electrons. The Morgan fingerprint density at radius 2 is 1.90 bits per heavy atom. The largest absolute Gasteiger partial charge is 0.292 e. The average molecular weight is 291 g/mol. The zero-order valence-electron chi connectivity index (χ0n) is 12.1. The lowest BCUT2D eigenvalue weighted by molar-refractivity contribution is 0.0966. The maximum Gasteiger partial charge on any atom is 0.184 e. The highest BCUT2D eigenvalue weighted by molar-refractivity contribution is 6.31. The molecule has 1 aromatic heterocycles. The summed E-state index contributed by atoms with van der Waals surface area (Å²) in [6.07, 6.45) is 2.15. The third kappa shape index (κ3) is 3.10. The van der Waals surface area contributed by atoms with Gasteiger partial charge in [0.1, 0.15) is 6.54 Å². The Bertz CT molecular complexity index is 614. The number of carbonyl (C=O) groups is 1. The van der Waals surface area contributed by atoms with E-state index in [1.165, 1.54) is 5.56 Å². The fraction of sp³-hybridized carbons (Fsp3) is 0.375. The zero-order chi connectivity index (χ0) is 14.7. The van der Waals surface area contributed by atoms with Crippen LogP contribution in [0.1, 0.15) is 40.7 Å². The Balaban J connectivity index is 2.13. The summed E-state index contributed by atoms with van der Waals surface area (Å²) in [5.74, 6) is 0.0512. The summed E-state index contributed by atoms with van der Waals surface area (Å²) in [6.45, 7) is 6.09. The molecule has 0 aliphatic rings. The fourth-order valence-electron chi connectivity index (χ4n) is 2.20. The van der Waals surface area contributed by atoms with E-state index >= 15 is 0 Å². The first kappa shape index (κ1) is 14.8. The number of ketones is 1. The van der Waals surface area contributed by atoms with E-state index in [2.05, 4.69) is 12.0 Å². The maximum absolute atomic E-state index is 12.3. The molecule has 0 saturated heterocycles. The SMILES string of the molecule is CCCc1ccc(C(=O)Cn2nc(C)c(Cl)c2C)cc1. The first-order valence-electron chi connectivity index (χ1n) is 6.84. The maximum atomic E-state index is 12.3. The second-order valence-electron chi connectivity index (χ2n) is 5.01. The van der Waals surface area contributed by atoms with E-state index in [1.54, 1.807) is 4.68 Å². The normalized spacial score (nSPS) is 10.8. The van der Waals surface area contributed by atoms with Crippen LogP contribution in [-0.2, 0) is 13.0 Å². The predicted molar refractivity (Wildman–Crippen MR) is 81.5 cm³/mol. The summed E-state index contributed by atoms with van der Waals surface area (Å²) >= 11 is 6.09. The number of benzene rings is 1. The molecule has 0 aliphatic carbocycles. The van der Waals surface area contributed by atoms with Crippen molar-refractivity contribution < 1.29 is 4.79 Å². The Kier molecular flexibility index (Phi) is 4.61. The molecular weight excluding hydrogens is 272 g/mol. The van der Waals surface area contributed by atoms with Crippen molar-refractivity contribution in [3.63, 3.8) is 0 Å². The van der Waals surface area contributed by atoms with Gasteiger partial charge in [0.05, 0.1) is 16.4 Å².